The van der Waals surface area contributed by atoms with Crippen LogP contribution >= 0.6 is 0 Å². The molecule has 0 atom stereocenters. The maximum atomic E-state index is 13.4. The minimum Gasteiger partial charge on any atom is -0.349 e. The molecular weight excluding hydrogens is 445 g/mol. The zero-order valence-electron chi connectivity index (χ0n) is 19.4. The highest BCUT2D eigenvalue weighted by Crippen LogP contribution is 2.19. The molecule has 0 spiro atoms. The number of carbonyl (C=O) groups is 2. The van der Waals surface area contributed by atoms with Crippen LogP contribution in [0.5, 0.6) is 0 Å². The Bertz CT molecular complexity index is 1170. The van der Waals surface area contributed by atoms with Crippen molar-refractivity contribution in [1.29, 1.82) is 0 Å². The Morgan fingerprint density at radius 2 is 1.77 bits per heavy atom. The average molecular weight is 474 g/mol. The van der Waals surface area contributed by atoms with Crippen LogP contribution in [0.4, 0.5) is 4.39 Å². The van der Waals surface area contributed by atoms with Crippen molar-refractivity contribution in [3.05, 3.63) is 96.2 Å². The van der Waals surface area contributed by atoms with Gasteiger partial charge < -0.3 is 10.6 Å². The van der Waals surface area contributed by atoms with Crippen LogP contribution in [0.3, 0.4) is 0 Å². The number of halogens is 1. The summed E-state index contributed by atoms with van der Waals surface area (Å²) in [5, 5.41) is 5.83. The molecule has 1 aliphatic rings. The van der Waals surface area contributed by atoms with Crippen molar-refractivity contribution in [2.45, 2.75) is 25.4 Å². The first-order valence-electron chi connectivity index (χ1n) is 11.6. The maximum Gasteiger partial charge on any atom is 0.253 e. The topological polar surface area (TPSA) is 87.2 Å². The van der Waals surface area contributed by atoms with Crippen molar-refractivity contribution in [2.75, 3.05) is 19.6 Å². The number of nitrogens with one attached hydrogen (secondary N) is 2. The normalized spacial score (nSPS) is 14.3. The summed E-state index contributed by atoms with van der Waals surface area (Å²) in [6.45, 7) is 6.38. The van der Waals surface area contributed by atoms with Crippen molar-refractivity contribution in [3.63, 3.8) is 0 Å². The predicted molar refractivity (Wildman–Crippen MR) is 132 cm³/mol. The van der Waals surface area contributed by atoms with Crippen LogP contribution in [-0.4, -0.2) is 52.4 Å². The maximum absolute atomic E-state index is 13.4. The lowest BCUT2D eigenvalue weighted by atomic mass is 10.0. The van der Waals surface area contributed by atoms with Gasteiger partial charge in [-0.3, -0.25) is 24.5 Å². The third-order valence-corrected chi connectivity index (χ3v) is 5.95. The molecule has 0 aliphatic carbocycles. The van der Waals surface area contributed by atoms with E-state index in [2.05, 4.69) is 32.1 Å². The van der Waals surface area contributed by atoms with Crippen LogP contribution in [0, 0.1) is 5.82 Å². The SMILES string of the molecule is C=CCNC(=O)c1ccc(CN2CCC(NC(=O)c3ccc(-c4cccc(F)c4)nc3)CC2)nc1. The Hall–Kier alpha value is -3.91. The molecule has 2 N–H and O–H groups in total. The number of hydrogen-bond acceptors (Lipinski definition) is 5. The number of nitrogens with zero attached hydrogens (tertiary/aromatic N) is 3. The van der Waals surface area contributed by atoms with E-state index in [-0.39, 0.29) is 23.7 Å². The second-order valence-corrected chi connectivity index (χ2v) is 8.50. The van der Waals surface area contributed by atoms with Crippen LogP contribution in [0.2, 0.25) is 0 Å². The number of aromatic nitrogens is 2. The molecule has 0 radical (unpaired) electrons. The van der Waals surface area contributed by atoms with E-state index in [1.54, 1.807) is 42.6 Å². The van der Waals surface area contributed by atoms with Gasteiger partial charge in [-0.1, -0.05) is 18.2 Å². The van der Waals surface area contributed by atoms with E-state index in [1.165, 1.54) is 18.3 Å². The molecule has 2 amide bonds. The molecule has 3 heterocycles. The number of likely N-dealkylation sites (tertiary alicyclic amines) is 1. The highest BCUT2D eigenvalue weighted by atomic mass is 19.1. The second kappa shape index (κ2) is 11.5. The summed E-state index contributed by atoms with van der Waals surface area (Å²) in [6.07, 6.45) is 6.42. The fourth-order valence-electron chi connectivity index (χ4n) is 4.00. The van der Waals surface area contributed by atoms with Gasteiger partial charge in [-0.25, -0.2) is 4.39 Å². The number of benzene rings is 1. The van der Waals surface area contributed by atoms with Gasteiger partial charge in [0, 0.05) is 50.2 Å². The van der Waals surface area contributed by atoms with E-state index in [0.29, 0.717) is 35.5 Å². The molecular formula is C27H28FN5O2. The molecule has 0 saturated carbocycles. The number of hydrogen-bond donors (Lipinski definition) is 2. The van der Waals surface area contributed by atoms with Crippen molar-refractivity contribution in [2.24, 2.45) is 0 Å². The number of pyridine rings is 2. The molecule has 1 aliphatic heterocycles. The fourth-order valence-corrected chi connectivity index (χ4v) is 4.00. The van der Waals surface area contributed by atoms with Gasteiger partial charge in [-0.15, -0.1) is 6.58 Å². The molecule has 1 saturated heterocycles. The van der Waals surface area contributed by atoms with E-state index >= 15 is 0 Å². The molecule has 2 aromatic heterocycles. The third kappa shape index (κ3) is 6.58. The molecule has 180 valence electrons. The Labute approximate surface area is 204 Å². The van der Waals surface area contributed by atoms with Gasteiger partial charge in [-0.2, -0.15) is 0 Å². The van der Waals surface area contributed by atoms with Crippen LogP contribution in [-0.2, 0) is 6.54 Å². The standard InChI is InChI=1S/C27H28FN5O2/c1-2-12-29-26(34)20-6-8-24(30-16-20)18-33-13-10-23(11-14-33)32-27(35)21-7-9-25(31-17-21)19-4-3-5-22(28)15-19/h2-9,15-17,23H,1,10-14,18H2,(H,29,34)(H,32,35). The average Bonchev–Trinajstić information content (AvgIpc) is 2.89. The number of amides is 2. The molecule has 35 heavy (non-hydrogen) atoms. The highest BCUT2D eigenvalue weighted by molar-refractivity contribution is 5.94. The molecule has 0 unspecified atom stereocenters. The summed E-state index contributed by atoms with van der Waals surface area (Å²) in [5.41, 5.74) is 3.19. The van der Waals surface area contributed by atoms with Crippen molar-refractivity contribution in [3.8, 4) is 11.3 Å². The van der Waals surface area contributed by atoms with Crippen molar-refractivity contribution < 1.29 is 14.0 Å². The van der Waals surface area contributed by atoms with Gasteiger partial charge in [-0.05, 0) is 49.2 Å². The van der Waals surface area contributed by atoms with Crippen LogP contribution < -0.4 is 10.6 Å². The molecule has 0 bridgehead atoms. The predicted octanol–water partition coefficient (Wildman–Crippen LogP) is 3.59. The van der Waals surface area contributed by atoms with Crippen LogP contribution in [0.15, 0.2) is 73.6 Å². The Kier molecular flexibility index (Phi) is 7.95. The van der Waals surface area contributed by atoms with Gasteiger partial charge in [0.05, 0.1) is 22.5 Å². The molecule has 7 nitrogen and oxygen atoms in total. The number of piperidine rings is 1. The molecule has 1 aromatic carbocycles. The Balaban J connectivity index is 1.24. The quantitative estimate of drug-likeness (QED) is 0.488. The Morgan fingerprint density at radius 1 is 1.03 bits per heavy atom. The van der Waals surface area contributed by atoms with E-state index in [0.717, 1.165) is 31.6 Å². The zero-order chi connectivity index (χ0) is 24.6. The minimum atomic E-state index is -0.322. The monoisotopic (exact) mass is 473 g/mol. The first-order chi connectivity index (χ1) is 17.0. The second-order valence-electron chi connectivity index (χ2n) is 8.50. The Morgan fingerprint density at radius 3 is 2.43 bits per heavy atom. The molecule has 3 aromatic rings. The summed E-state index contributed by atoms with van der Waals surface area (Å²) >= 11 is 0. The first kappa shape index (κ1) is 24.2. The smallest absolute Gasteiger partial charge is 0.253 e. The summed E-state index contributed by atoms with van der Waals surface area (Å²) < 4.78 is 13.4. The first-order valence-corrected chi connectivity index (χ1v) is 11.6. The summed E-state index contributed by atoms with van der Waals surface area (Å²) in [6, 6.07) is 13.4. The van der Waals surface area contributed by atoms with E-state index in [4.69, 9.17) is 0 Å². The van der Waals surface area contributed by atoms with E-state index in [9.17, 15) is 14.0 Å². The summed E-state index contributed by atoms with van der Waals surface area (Å²) in [5.74, 6) is -0.648. The van der Waals surface area contributed by atoms with Gasteiger partial charge in [0.1, 0.15) is 5.82 Å². The largest absolute Gasteiger partial charge is 0.349 e. The fraction of sp³-hybridized carbons (Fsp3) is 0.259. The van der Waals surface area contributed by atoms with Crippen molar-refractivity contribution in [1.82, 2.24) is 25.5 Å². The van der Waals surface area contributed by atoms with E-state index in [1.807, 2.05) is 6.07 Å². The molecule has 8 heteroatoms. The lowest BCUT2D eigenvalue weighted by molar-refractivity contribution is 0.0906. The highest BCUT2D eigenvalue weighted by Gasteiger charge is 2.22. The summed E-state index contributed by atoms with van der Waals surface area (Å²) in [7, 11) is 0. The minimum absolute atomic E-state index is 0.0885. The number of carbonyl (C=O) groups excluding carboxylic acids is 2. The van der Waals surface area contributed by atoms with Gasteiger partial charge in [0.2, 0.25) is 0 Å². The third-order valence-electron chi connectivity index (χ3n) is 5.95. The van der Waals surface area contributed by atoms with Gasteiger partial charge >= 0.3 is 0 Å². The van der Waals surface area contributed by atoms with Gasteiger partial charge in [0.15, 0.2) is 0 Å². The van der Waals surface area contributed by atoms with Crippen molar-refractivity contribution >= 4 is 11.8 Å². The van der Waals surface area contributed by atoms with Crippen LogP contribution in [0.25, 0.3) is 11.3 Å². The zero-order valence-corrected chi connectivity index (χ0v) is 19.4. The van der Waals surface area contributed by atoms with Crippen LogP contribution in [0.1, 0.15) is 39.3 Å². The molecule has 4 rings (SSSR count). The lowest BCUT2D eigenvalue weighted by Crippen LogP contribution is -2.44. The van der Waals surface area contributed by atoms with E-state index < -0.39 is 0 Å². The lowest BCUT2D eigenvalue weighted by Gasteiger charge is -2.32. The summed E-state index contributed by atoms with van der Waals surface area (Å²) in [4.78, 5) is 35.7. The number of rotatable bonds is 8. The van der Waals surface area contributed by atoms with Gasteiger partial charge in [0.25, 0.3) is 11.8 Å². The molecule has 1 fully saturated rings.